The maximum atomic E-state index is 12.5. The predicted octanol–water partition coefficient (Wildman–Crippen LogP) is 2.22. The van der Waals surface area contributed by atoms with Crippen LogP contribution < -0.4 is 5.73 Å². The third-order valence-corrected chi connectivity index (χ3v) is 4.14. The minimum Gasteiger partial charge on any atom is -0.378 e. The zero-order valence-corrected chi connectivity index (χ0v) is 13.5. The first-order valence-corrected chi connectivity index (χ1v) is 7.96. The molecule has 0 aliphatic carbocycles. The zero-order chi connectivity index (χ0) is 16.8. The van der Waals surface area contributed by atoms with Gasteiger partial charge in [-0.05, 0) is 37.9 Å². The van der Waals surface area contributed by atoms with E-state index in [9.17, 15) is 14.9 Å². The molecule has 1 heterocycles. The lowest BCUT2D eigenvalue weighted by Gasteiger charge is -2.32. The SMILES string of the molecule is NCCCOC1CCN(C(=O)c2cccc(Cl)c2[N+](=O)[O-])CC1. The van der Waals surface area contributed by atoms with Gasteiger partial charge in [0.05, 0.1) is 11.0 Å². The number of ether oxygens (including phenoxy) is 1. The van der Waals surface area contributed by atoms with Crippen molar-refractivity contribution in [1.82, 2.24) is 4.90 Å². The first kappa shape index (κ1) is 17.7. The number of rotatable bonds is 6. The topological polar surface area (TPSA) is 98.7 Å². The number of nitro groups is 1. The van der Waals surface area contributed by atoms with Crippen LogP contribution in [0.15, 0.2) is 18.2 Å². The number of likely N-dealkylation sites (tertiary alicyclic amines) is 1. The maximum Gasteiger partial charge on any atom is 0.300 e. The predicted molar refractivity (Wildman–Crippen MR) is 86.7 cm³/mol. The summed E-state index contributed by atoms with van der Waals surface area (Å²) in [5, 5.41) is 11.1. The molecule has 0 radical (unpaired) electrons. The zero-order valence-electron chi connectivity index (χ0n) is 12.7. The summed E-state index contributed by atoms with van der Waals surface area (Å²) in [6.07, 6.45) is 2.35. The van der Waals surface area contributed by atoms with Crippen LogP contribution in [-0.2, 0) is 4.74 Å². The number of benzene rings is 1. The number of amides is 1. The molecule has 1 amide bonds. The minimum atomic E-state index is -0.613. The van der Waals surface area contributed by atoms with Gasteiger partial charge >= 0.3 is 5.69 Å². The molecule has 0 aromatic heterocycles. The summed E-state index contributed by atoms with van der Waals surface area (Å²) in [6, 6.07) is 4.40. The molecule has 1 aromatic carbocycles. The number of nitrogens with zero attached hydrogens (tertiary/aromatic N) is 2. The smallest absolute Gasteiger partial charge is 0.300 e. The van der Waals surface area contributed by atoms with E-state index in [0.717, 1.165) is 6.42 Å². The van der Waals surface area contributed by atoms with E-state index in [1.807, 2.05) is 0 Å². The number of halogens is 1. The Morgan fingerprint density at radius 3 is 2.74 bits per heavy atom. The van der Waals surface area contributed by atoms with Gasteiger partial charge in [0.2, 0.25) is 0 Å². The standard InChI is InChI=1S/C15H20ClN3O4/c16-13-4-1-3-12(14(13)19(21)22)15(20)18-8-5-11(6-9-18)23-10-2-7-17/h1,3-4,11H,2,5-10,17H2. The number of hydrogen-bond acceptors (Lipinski definition) is 5. The Bertz CT molecular complexity index is 574. The highest BCUT2D eigenvalue weighted by Gasteiger charge is 2.29. The second kappa shape index (κ2) is 8.24. The van der Waals surface area contributed by atoms with Gasteiger partial charge in [0.25, 0.3) is 5.91 Å². The van der Waals surface area contributed by atoms with Crippen LogP contribution in [-0.4, -0.2) is 48.1 Å². The molecular weight excluding hydrogens is 322 g/mol. The summed E-state index contributed by atoms with van der Waals surface area (Å²) in [5.41, 5.74) is 5.12. The number of nitrogens with two attached hydrogens (primary N) is 1. The van der Waals surface area contributed by atoms with Gasteiger partial charge in [0.1, 0.15) is 10.6 Å². The summed E-state index contributed by atoms with van der Waals surface area (Å²) < 4.78 is 5.69. The first-order chi connectivity index (χ1) is 11.0. The van der Waals surface area contributed by atoms with Gasteiger partial charge in [-0.3, -0.25) is 14.9 Å². The maximum absolute atomic E-state index is 12.5. The molecular formula is C15H20ClN3O4. The lowest BCUT2D eigenvalue weighted by Crippen LogP contribution is -2.41. The molecule has 23 heavy (non-hydrogen) atoms. The Hall–Kier alpha value is -1.70. The number of nitro benzene ring substituents is 1. The third kappa shape index (κ3) is 4.40. The highest BCUT2D eigenvalue weighted by Crippen LogP contribution is 2.29. The minimum absolute atomic E-state index is 0.0270. The van der Waals surface area contributed by atoms with Crippen LogP contribution in [0.1, 0.15) is 29.6 Å². The highest BCUT2D eigenvalue weighted by molar-refractivity contribution is 6.33. The van der Waals surface area contributed by atoms with Gasteiger partial charge in [0.15, 0.2) is 0 Å². The third-order valence-electron chi connectivity index (χ3n) is 3.83. The Kier molecular flexibility index (Phi) is 6.32. The molecule has 1 aliphatic rings. The lowest BCUT2D eigenvalue weighted by atomic mass is 10.1. The molecule has 126 valence electrons. The van der Waals surface area contributed by atoms with Crippen molar-refractivity contribution in [2.45, 2.75) is 25.4 Å². The van der Waals surface area contributed by atoms with Crippen molar-refractivity contribution in [3.63, 3.8) is 0 Å². The number of hydrogen-bond donors (Lipinski definition) is 1. The average molecular weight is 342 g/mol. The Labute approximate surface area is 139 Å². The molecule has 0 saturated carbocycles. The molecule has 8 heteroatoms. The molecule has 1 fully saturated rings. The molecule has 0 spiro atoms. The van der Waals surface area contributed by atoms with E-state index < -0.39 is 4.92 Å². The van der Waals surface area contributed by atoms with Crippen LogP contribution in [0.4, 0.5) is 5.69 Å². The number of carbonyl (C=O) groups is 1. The summed E-state index contributed by atoms with van der Waals surface area (Å²) in [5.74, 6) is -0.361. The summed E-state index contributed by atoms with van der Waals surface area (Å²) in [7, 11) is 0. The number of piperidine rings is 1. The fourth-order valence-corrected chi connectivity index (χ4v) is 2.85. The van der Waals surface area contributed by atoms with E-state index in [1.54, 1.807) is 11.0 Å². The van der Waals surface area contributed by atoms with Crippen molar-refractivity contribution in [2.75, 3.05) is 26.2 Å². The molecule has 7 nitrogen and oxygen atoms in total. The van der Waals surface area contributed by atoms with Crippen LogP contribution in [0.2, 0.25) is 5.02 Å². The van der Waals surface area contributed by atoms with Crippen molar-refractivity contribution in [3.05, 3.63) is 38.9 Å². The summed E-state index contributed by atoms with van der Waals surface area (Å²) in [4.78, 5) is 24.7. The molecule has 0 unspecified atom stereocenters. The summed E-state index contributed by atoms with van der Waals surface area (Å²) in [6.45, 7) is 2.23. The monoisotopic (exact) mass is 341 g/mol. The van der Waals surface area contributed by atoms with E-state index >= 15 is 0 Å². The molecule has 0 atom stereocenters. The van der Waals surface area contributed by atoms with Gasteiger partial charge in [-0.1, -0.05) is 17.7 Å². The van der Waals surface area contributed by atoms with Crippen molar-refractivity contribution < 1.29 is 14.5 Å². The lowest BCUT2D eigenvalue weighted by molar-refractivity contribution is -0.385. The molecule has 1 aliphatic heterocycles. The summed E-state index contributed by atoms with van der Waals surface area (Å²) >= 11 is 5.86. The fraction of sp³-hybridized carbons (Fsp3) is 0.533. The molecule has 1 aromatic rings. The van der Waals surface area contributed by atoms with Crippen LogP contribution in [0.25, 0.3) is 0 Å². The Morgan fingerprint density at radius 2 is 2.13 bits per heavy atom. The van der Waals surface area contributed by atoms with Gasteiger partial charge in [-0.15, -0.1) is 0 Å². The van der Waals surface area contributed by atoms with E-state index in [0.29, 0.717) is 39.1 Å². The molecule has 2 N–H and O–H groups in total. The second-order valence-electron chi connectivity index (χ2n) is 5.40. The first-order valence-electron chi connectivity index (χ1n) is 7.58. The second-order valence-corrected chi connectivity index (χ2v) is 5.80. The van der Waals surface area contributed by atoms with E-state index in [-0.39, 0.29) is 28.3 Å². The molecule has 2 rings (SSSR count). The van der Waals surface area contributed by atoms with Crippen LogP contribution >= 0.6 is 11.6 Å². The van der Waals surface area contributed by atoms with Gasteiger partial charge < -0.3 is 15.4 Å². The largest absolute Gasteiger partial charge is 0.378 e. The normalized spacial score (nSPS) is 15.7. The molecule has 1 saturated heterocycles. The van der Waals surface area contributed by atoms with Crippen molar-refractivity contribution in [3.8, 4) is 0 Å². The fourth-order valence-electron chi connectivity index (χ4n) is 2.60. The van der Waals surface area contributed by atoms with Crippen LogP contribution in [0.5, 0.6) is 0 Å². The van der Waals surface area contributed by atoms with Gasteiger partial charge in [0, 0.05) is 19.7 Å². The van der Waals surface area contributed by atoms with E-state index in [1.165, 1.54) is 12.1 Å². The van der Waals surface area contributed by atoms with Crippen LogP contribution in [0.3, 0.4) is 0 Å². The highest BCUT2D eigenvalue weighted by atomic mass is 35.5. The van der Waals surface area contributed by atoms with Gasteiger partial charge in [-0.2, -0.15) is 0 Å². The Morgan fingerprint density at radius 1 is 1.43 bits per heavy atom. The van der Waals surface area contributed by atoms with Crippen molar-refractivity contribution >= 4 is 23.2 Å². The van der Waals surface area contributed by atoms with Crippen molar-refractivity contribution in [2.24, 2.45) is 5.73 Å². The quantitative estimate of drug-likeness (QED) is 0.486. The molecule has 0 bridgehead atoms. The number of carbonyl (C=O) groups excluding carboxylic acids is 1. The van der Waals surface area contributed by atoms with E-state index in [4.69, 9.17) is 22.1 Å². The van der Waals surface area contributed by atoms with Crippen LogP contribution in [0, 0.1) is 10.1 Å². The van der Waals surface area contributed by atoms with E-state index in [2.05, 4.69) is 0 Å². The van der Waals surface area contributed by atoms with Crippen molar-refractivity contribution in [1.29, 1.82) is 0 Å². The average Bonchev–Trinajstić information content (AvgIpc) is 2.54. The van der Waals surface area contributed by atoms with Gasteiger partial charge in [-0.25, -0.2) is 0 Å². The Balaban J connectivity index is 2.01. The number of para-hydroxylation sites is 1.